The van der Waals surface area contributed by atoms with Gasteiger partial charge in [-0.3, -0.25) is 0 Å². The van der Waals surface area contributed by atoms with Crippen LogP contribution in [0.3, 0.4) is 0 Å². The third-order valence-corrected chi connectivity index (χ3v) is 2.40. The summed E-state index contributed by atoms with van der Waals surface area (Å²) in [5.74, 6) is 2.88. The van der Waals surface area contributed by atoms with E-state index in [2.05, 4.69) is 5.92 Å². The average Bonchev–Trinajstić information content (AvgIpc) is 2.20. The molecule has 0 unspecified atom stereocenters. The molecule has 0 heterocycles. The summed E-state index contributed by atoms with van der Waals surface area (Å²) < 4.78 is 0. The second kappa shape index (κ2) is 5.05. The molecule has 0 aliphatic carbocycles. The van der Waals surface area contributed by atoms with Crippen molar-refractivity contribution in [1.29, 1.82) is 0 Å². The van der Waals surface area contributed by atoms with Gasteiger partial charge in [-0.25, -0.2) is 0 Å². The zero-order valence-corrected chi connectivity index (χ0v) is 8.67. The van der Waals surface area contributed by atoms with Crippen molar-refractivity contribution in [3.8, 4) is 12.3 Å². The molecule has 1 atom stereocenters. The summed E-state index contributed by atoms with van der Waals surface area (Å²) in [7, 11) is 0. The maximum Gasteiger partial charge on any atom is 0.102 e. The lowest BCUT2D eigenvalue weighted by Crippen LogP contribution is -2.25. The maximum atomic E-state index is 10.3. The molecule has 0 spiro atoms. The molecule has 1 nitrogen and oxygen atoms in total. The molecule has 0 bridgehead atoms. The van der Waals surface area contributed by atoms with E-state index in [1.165, 1.54) is 0 Å². The van der Waals surface area contributed by atoms with Gasteiger partial charge in [0.15, 0.2) is 0 Å². The van der Waals surface area contributed by atoms with Gasteiger partial charge < -0.3 is 5.11 Å². The van der Waals surface area contributed by atoms with Gasteiger partial charge in [0.25, 0.3) is 0 Å². The van der Waals surface area contributed by atoms with Crippen molar-refractivity contribution in [1.82, 2.24) is 0 Å². The first-order valence-electron chi connectivity index (χ1n) is 4.50. The Morgan fingerprint density at radius 3 is 2.50 bits per heavy atom. The van der Waals surface area contributed by atoms with Gasteiger partial charge in [0.05, 0.1) is 0 Å². The molecule has 0 amide bonds. The minimum Gasteiger partial charge on any atom is -0.384 e. The van der Waals surface area contributed by atoms with E-state index >= 15 is 0 Å². The van der Waals surface area contributed by atoms with Crippen LogP contribution in [0, 0.1) is 12.3 Å². The summed E-state index contributed by atoms with van der Waals surface area (Å²) >= 11 is 5.64. The lowest BCUT2D eigenvalue weighted by molar-refractivity contribution is 0.0388. The van der Waals surface area contributed by atoms with Crippen LogP contribution >= 0.6 is 11.6 Å². The highest BCUT2D eigenvalue weighted by molar-refractivity contribution is 6.17. The first-order valence-corrected chi connectivity index (χ1v) is 5.04. The van der Waals surface area contributed by atoms with Crippen LogP contribution in [0.15, 0.2) is 30.3 Å². The van der Waals surface area contributed by atoms with E-state index in [1.54, 1.807) is 0 Å². The lowest BCUT2D eigenvalue weighted by Gasteiger charge is -2.25. The molecule has 0 aliphatic rings. The van der Waals surface area contributed by atoms with Crippen LogP contribution in [-0.2, 0) is 5.60 Å². The van der Waals surface area contributed by atoms with Crippen LogP contribution < -0.4 is 0 Å². The Morgan fingerprint density at radius 1 is 1.36 bits per heavy atom. The quantitative estimate of drug-likeness (QED) is 0.596. The van der Waals surface area contributed by atoms with Crippen molar-refractivity contribution >= 4 is 11.6 Å². The van der Waals surface area contributed by atoms with Crippen LogP contribution in [-0.4, -0.2) is 11.0 Å². The van der Waals surface area contributed by atoms with Gasteiger partial charge in [0, 0.05) is 12.3 Å². The highest BCUT2D eigenvalue weighted by Gasteiger charge is 2.27. The van der Waals surface area contributed by atoms with Crippen LogP contribution in [0.2, 0.25) is 0 Å². The molecule has 0 saturated carbocycles. The van der Waals surface area contributed by atoms with E-state index in [0.717, 1.165) is 5.56 Å². The minimum atomic E-state index is -0.974. The fourth-order valence-electron chi connectivity index (χ4n) is 1.41. The number of benzene rings is 1. The zero-order chi connectivity index (χ0) is 10.4. The molecule has 1 N–H and O–H groups in total. The molecule has 0 radical (unpaired) electrons. The highest BCUT2D eigenvalue weighted by Crippen LogP contribution is 2.28. The number of hydrogen-bond donors (Lipinski definition) is 1. The van der Waals surface area contributed by atoms with Crippen molar-refractivity contribution in [3.63, 3.8) is 0 Å². The molecule has 0 aromatic heterocycles. The van der Waals surface area contributed by atoms with Crippen molar-refractivity contribution < 1.29 is 5.11 Å². The van der Waals surface area contributed by atoms with E-state index in [1.807, 2.05) is 30.3 Å². The number of terminal acetylenes is 1. The first-order chi connectivity index (χ1) is 6.73. The first kappa shape index (κ1) is 11.1. The Bertz CT molecular complexity index is 315. The molecule has 1 aromatic rings. The second-order valence-corrected chi connectivity index (χ2v) is 3.60. The molecule has 0 aliphatic heterocycles. The summed E-state index contributed by atoms with van der Waals surface area (Å²) in [6, 6.07) is 9.39. The Balaban J connectivity index is 2.94. The van der Waals surface area contributed by atoms with Crippen molar-refractivity contribution in [3.05, 3.63) is 35.9 Å². The van der Waals surface area contributed by atoms with Gasteiger partial charge in [-0.15, -0.1) is 23.9 Å². The molecular weight excluding hydrogens is 196 g/mol. The SMILES string of the molecule is C#CC[C@](O)(CCCl)c1ccccc1. The number of hydrogen-bond acceptors (Lipinski definition) is 1. The molecule has 0 fully saturated rings. The monoisotopic (exact) mass is 208 g/mol. The van der Waals surface area contributed by atoms with E-state index in [4.69, 9.17) is 18.0 Å². The third-order valence-electron chi connectivity index (χ3n) is 2.21. The van der Waals surface area contributed by atoms with Gasteiger partial charge in [-0.05, 0) is 12.0 Å². The van der Waals surface area contributed by atoms with Crippen molar-refractivity contribution in [2.75, 3.05) is 5.88 Å². The topological polar surface area (TPSA) is 20.2 Å². The number of halogens is 1. The Labute approximate surface area is 89.7 Å². The van der Waals surface area contributed by atoms with Gasteiger partial charge >= 0.3 is 0 Å². The molecule has 1 aromatic carbocycles. The normalized spacial score (nSPS) is 14.4. The fourth-order valence-corrected chi connectivity index (χ4v) is 1.72. The number of alkyl halides is 1. The van der Waals surface area contributed by atoms with Gasteiger partial charge in [0.1, 0.15) is 5.60 Å². The van der Waals surface area contributed by atoms with Crippen LogP contribution in [0.5, 0.6) is 0 Å². The van der Waals surface area contributed by atoms with Crippen LogP contribution in [0.1, 0.15) is 18.4 Å². The van der Waals surface area contributed by atoms with Crippen molar-refractivity contribution in [2.24, 2.45) is 0 Å². The van der Waals surface area contributed by atoms with E-state index in [0.29, 0.717) is 18.7 Å². The minimum absolute atomic E-state index is 0.295. The lowest BCUT2D eigenvalue weighted by atomic mass is 9.88. The van der Waals surface area contributed by atoms with Gasteiger partial charge in [0.2, 0.25) is 0 Å². The van der Waals surface area contributed by atoms with E-state index in [9.17, 15) is 5.11 Å². The highest BCUT2D eigenvalue weighted by atomic mass is 35.5. The molecule has 0 saturated heterocycles. The van der Waals surface area contributed by atoms with Crippen molar-refractivity contribution in [2.45, 2.75) is 18.4 Å². The smallest absolute Gasteiger partial charge is 0.102 e. The largest absolute Gasteiger partial charge is 0.384 e. The fraction of sp³-hybridized carbons (Fsp3) is 0.333. The Morgan fingerprint density at radius 2 is 2.00 bits per heavy atom. The molecule has 2 heteroatoms. The Kier molecular flexibility index (Phi) is 4.00. The molecule has 74 valence electrons. The molecular formula is C12H13ClO. The second-order valence-electron chi connectivity index (χ2n) is 3.22. The standard InChI is InChI=1S/C12H13ClO/c1-2-8-12(14,9-10-13)11-6-4-3-5-7-11/h1,3-7,14H,8-10H2/t12-/m0/s1. The van der Waals surface area contributed by atoms with E-state index < -0.39 is 5.60 Å². The van der Waals surface area contributed by atoms with Gasteiger partial charge in [-0.1, -0.05) is 30.3 Å². The summed E-state index contributed by atoms with van der Waals surface area (Å²) in [6.07, 6.45) is 6.00. The average molecular weight is 209 g/mol. The zero-order valence-electron chi connectivity index (χ0n) is 7.91. The Hall–Kier alpha value is -0.970. The number of aliphatic hydroxyl groups is 1. The van der Waals surface area contributed by atoms with Crippen LogP contribution in [0.25, 0.3) is 0 Å². The summed E-state index contributed by atoms with van der Waals surface area (Å²) in [6.45, 7) is 0. The van der Waals surface area contributed by atoms with E-state index in [-0.39, 0.29) is 0 Å². The third kappa shape index (κ3) is 2.51. The molecule has 1 rings (SSSR count). The number of rotatable bonds is 4. The maximum absolute atomic E-state index is 10.3. The predicted molar refractivity (Wildman–Crippen MR) is 59.1 cm³/mol. The summed E-state index contributed by atoms with van der Waals surface area (Å²) in [5, 5.41) is 10.3. The van der Waals surface area contributed by atoms with Gasteiger partial charge in [-0.2, -0.15) is 0 Å². The summed E-state index contributed by atoms with van der Waals surface area (Å²) in [4.78, 5) is 0. The van der Waals surface area contributed by atoms with Crippen LogP contribution in [0.4, 0.5) is 0 Å². The predicted octanol–water partition coefficient (Wildman–Crippen LogP) is 2.53. The summed E-state index contributed by atoms with van der Waals surface area (Å²) in [5.41, 5.74) is -0.142. The molecule has 14 heavy (non-hydrogen) atoms.